The molecule has 0 aromatic rings. The lowest BCUT2D eigenvalue weighted by atomic mass is 10.2. The molecule has 1 aliphatic rings. The Labute approximate surface area is 103 Å². The first-order chi connectivity index (χ1) is 8.02. The minimum Gasteiger partial charge on any atom is -0.463 e. The number of ketones is 2. The monoisotopic (exact) mass is 252 g/mol. The van der Waals surface area contributed by atoms with E-state index in [1.165, 1.54) is 24.3 Å². The molecule has 0 aromatic heterocycles. The predicted molar refractivity (Wildman–Crippen MR) is 65.2 cm³/mol. The largest absolute Gasteiger partial charge is 0.463 e. The van der Waals surface area contributed by atoms with Crippen molar-refractivity contribution >= 4 is 29.3 Å². The van der Waals surface area contributed by atoms with Crippen molar-refractivity contribution in [3.05, 3.63) is 34.1 Å². The van der Waals surface area contributed by atoms with Crippen molar-refractivity contribution in [1.82, 2.24) is 0 Å². The van der Waals surface area contributed by atoms with Crippen LogP contribution in [-0.4, -0.2) is 24.1 Å². The predicted octanol–water partition coefficient (Wildman–Crippen LogP) is 1.78. The van der Waals surface area contributed by atoms with Gasteiger partial charge in [-0.05, 0) is 30.9 Å². The van der Waals surface area contributed by atoms with Crippen molar-refractivity contribution in [1.29, 1.82) is 0 Å². The summed E-state index contributed by atoms with van der Waals surface area (Å²) in [6, 6.07) is 0. The van der Waals surface area contributed by atoms with Crippen LogP contribution >= 0.6 is 11.8 Å². The average molecular weight is 252 g/mol. The van der Waals surface area contributed by atoms with Crippen LogP contribution in [0.5, 0.6) is 0 Å². The highest BCUT2D eigenvalue weighted by Crippen LogP contribution is 2.27. The van der Waals surface area contributed by atoms with Gasteiger partial charge in [-0.15, -0.1) is 0 Å². The molecule has 17 heavy (non-hydrogen) atoms. The molecule has 0 amide bonds. The van der Waals surface area contributed by atoms with Crippen molar-refractivity contribution in [2.24, 2.45) is 0 Å². The van der Waals surface area contributed by atoms with Crippen molar-refractivity contribution in [3.8, 4) is 0 Å². The Morgan fingerprint density at radius 1 is 1.41 bits per heavy atom. The number of thioether (sulfide) groups is 1. The second kappa shape index (κ2) is 6.20. The summed E-state index contributed by atoms with van der Waals surface area (Å²) in [5, 5.41) is 0. The van der Waals surface area contributed by atoms with Gasteiger partial charge in [-0.2, -0.15) is 0 Å². The Hall–Kier alpha value is -1.62. The van der Waals surface area contributed by atoms with Gasteiger partial charge in [0, 0.05) is 12.2 Å². The van der Waals surface area contributed by atoms with Crippen LogP contribution in [-0.2, 0) is 19.1 Å². The summed E-state index contributed by atoms with van der Waals surface area (Å²) in [5.41, 5.74) is 0. The summed E-state index contributed by atoms with van der Waals surface area (Å²) in [5.74, 6) is -0.912. The quantitative estimate of drug-likeness (QED) is 0.433. The fraction of sp³-hybridized carbons (Fsp3) is 0.250. The van der Waals surface area contributed by atoms with E-state index >= 15 is 0 Å². The molecule has 0 bridgehead atoms. The lowest BCUT2D eigenvalue weighted by molar-refractivity contribution is -0.137. The minimum atomic E-state index is -0.455. The van der Waals surface area contributed by atoms with Crippen LogP contribution in [0.4, 0.5) is 0 Å². The first kappa shape index (κ1) is 13.4. The van der Waals surface area contributed by atoms with Crippen LogP contribution in [0.3, 0.4) is 0 Å². The molecule has 0 saturated heterocycles. The van der Waals surface area contributed by atoms with E-state index in [2.05, 4.69) is 0 Å². The fourth-order valence-electron chi connectivity index (χ4n) is 1.12. The zero-order valence-corrected chi connectivity index (χ0v) is 10.4. The molecule has 0 aromatic carbocycles. The van der Waals surface area contributed by atoms with Crippen LogP contribution in [0, 0.1) is 0 Å². The second-order valence-electron chi connectivity index (χ2n) is 3.22. The van der Waals surface area contributed by atoms with Crippen LogP contribution < -0.4 is 0 Å². The number of hydrogen-bond donors (Lipinski definition) is 0. The molecule has 0 radical (unpaired) electrons. The molecule has 1 aliphatic carbocycles. The number of carbonyl (C=O) groups is 3. The van der Waals surface area contributed by atoms with E-state index in [0.29, 0.717) is 16.4 Å². The fourth-order valence-corrected chi connectivity index (χ4v) is 1.97. The topological polar surface area (TPSA) is 60.4 Å². The van der Waals surface area contributed by atoms with Crippen LogP contribution in [0.1, 0.15) is 13.8 Å². The number of rotatable bonds is 4. The number of carbonyl (C=O) groups excluding carboxylic acids is 3. The first-order valence-corrected chi connectivity index (χ1v) is 5.85. The molecule has 0 spiro atoms. The summed E-state index contributed by atoms with van der Waals surface area (Å²) in [6.45, 7) is 3.69. The van der Waals surface area contributed by atoms with Crippen molar-refractivity contribution in [3.63, 3.8) is 0 Å². The van der Waals surface area contributed by atoms with Crippen molar-refractivity contribution < 1.29 is 19.1 Å². The molecular weight excluding hydrogens is 240 g/mol. The van der Waals surface area contributed by atoms with E-state index in [9.17, 15) is 14.4 Å². The molecule has 5 heteroatoms. The molecule has 0 N–H and O–H groups in total. The molecule has 1 rings (SSSR count). The Morgan fingerprint density at radius 2 is 2.12 bits per heavy atom. The Morgan fingerprint density at radius 3 is 2.76 bits per heavy atom. The van der Waals surface area contributed by atoms with Gasteiger partial charge < -0.3 is 4.74 Å². The van der Waals surface area contributed by atoms with Gasteiger partial charge >= 0.3 is 5.97 Å². The normalized spacial score (nSPS) is 15.9. The molecule has 0 unspecified atom stereocenters. The summed E-state index contributed by atoms with van der Waals surface area (Å²) in [4.78, 5) is 34.6. The zero-order chi connectivity index (χ0) is 12.8. The Bertz CT molecular complexity index is 443. The molecule has 90 valence electrons. The van der Waals surface area contributed by atoms with Gasteiger partial charge in [0.25, 0.3) is 0 Å². The molecule has 0 saturated carbocycles. The number of allylic oxidation sites excluding steroid dienone is 5. The summed E-state index contributed by atoms with van der Waals surface area (Å²) < 4.78 is 4.74. The second-order valence-corrected chi connectivity index (χ2v) is 4.51. The van der Waals surface area contributed by atoms with Gasteiger partial charge in [0.05, 0.1) is 11.5 Å². The van der Waals surface area contributed by atoms with Gasteiger partial charge in [0.1, 0.15) is 0 Å². The summed E-state index contributed by atoms with van der Waals surface area (Å²) in [6.07, 6.45) is 5.00. The van der Waals surface area contributed by atoms with Gasteiger partial charge in [-0.1, -0.05) is 11.8 Å². The summed E-state index contributed by atoms with van der Waals surface area (Å²) in [7, 11) is 0. The van der Waals surface area contributed by atoms with Gasteiger partial charge in [0.15, 0.2) is 11.6 Å². The third-order valence-electron chi connectivity index (χ3n) is 1.79. The van der Waals surface area contributed by atoms with E-state index in [4.69, 9.17) is 4.74 Å². The highest BCUT2D eigenvalue weighted by atomic mass is 32.2. The lowest BCUT2D eigenvalue weighted by Gasteiger charge is -2.06. The highest BCUT2D eigenvalue weighted by molar-refractivity contribution is 8.07. The van der Waals surface area contributed by atoms with E-state index in [1.807, 2.05) is 0 Å². The van der Waals surface area contributed by atoms with Crippen molar-refractivity contribution in [2.45, 2.75) is 13.8 Å². The average Bonchev–Trinajstić information content (AvgIpc) is 2.23. The Kier molecular flexibility index (Phi) is 4.90. The van der Waals surface area contributed by atoms with E-state index in [-0.39, 0.29) is 11.6 Å². The SMILES string of the molecule is CCOC(=O)C=C(C)SC1=CC(=O)C=CC1=O. The number of hydrogen-bond acceptors (Lipinski definition) is 5. The van der Waals surface area contributed by atoms with Gasteiger partial charge in [-0.25, -0.2) is 4.79 Å². The maximum atomic E-state index is 11.4. The van der Waals surface area contributed by atoms with E-state index < -0.39 is 5.97 Å². The molecule has 0 heterocycles. The molecular formula is C12H12O4S. The maximum Gasteiger partial charge on any atom is 0.331 e. The smallest absolute Gasteiger partial charge is 0.331 e. The standard InChI is InChI=1S/C12H12O4S/c1-3-16-12(15)6-8(2)17-11-7-9(13)4-5-10(11)14/h4-7H,3H2,1-2H3. The molecule has 0 fully saturated rings. The zero-order valence-electron chi connectivity index (χ0n) is 9.56. The maximum absolute atomic E-state index is 11.4. The van der Waals surface area contributed by atoms with Gasteiger partial charge in [-0.3, -0.25) is 9.59 Å². The minimum absolute atomic E-state index is 0.226. The van der Waals surface area contributed by atoms with Crippen LogP contribution in [0.2, 0.25) is 0 Å². The lowest BCUT2D eigenvalue weighted by Crippen LogP contribution is -2.05. The molecule has 0 aliphatic heterocycles. The van der Waals surface area contributed by atoms with E-state index in [0.717, 1.165) is 11.8 Å². The molecule has 4 nitrogen and oxygen atoms in total. The third-order valence-corrected chi connectivity index (χ3v) is 2.77. The number of ether oxygens (including phenoxy) is 1. The third kappa shape index (κ3) is 4.40. The number of esters is 1. The summed E-state index contributed by atoms with van der Waals surface area (Å²) >= 11 is 1.09. The van der Waals surface area contributed by atoms with Crippen LogP contribution in [0.25, 0.3) is 0 Å². The first-order valence-electron chi connectivity index (χ1n) is 5.04. The van der Waals surface area contributed by atoms with Crippen molar-refractivity contribution in [2.75, 3.05) is 6.61 Å². The van der Waals surface area contributed by atoms with E-state index in [1.54, 1.807) is 13.8 Å². The highest BCUT2D eigenvalue weighted by Gasteiger charge is 2.14. The van der Waals surface area contributed by atoms with Crippen LogP contribution in [0.15, 0.2) is 34.1 Å². The molecule has 0 atom stereocenters. The van der Waals surface area contributed by atoms with Gasteiger partial charge in [0.2, 0.25) is 0 Å². The Balaban J connectivity index is 2.68.